The minimum atomic E-state index is -0.389. The number of hydrazine groups is 1. The Morgan fingerprint density at radius 3 is 2.74 bits per heavy atom. The summed E-state index contributed by atoms with van der Waals surface area (Å²) in [5, 5.41) is 1.98. The SMILES string of the molecule is CCc1c(C(=O)NN)ncc2[nH]c3ccc(OCc4ccccc4)cc3c12. The van der Waals surface area contributed by atoms with Crippen LogP contribution in [0.5, 0.6) is 5.75 Å². The molecule has 2 aromatic carbocycles. The van der Waals surface area contributed by atoms with Gasteiger partial charge in [-0.2, -0.15) is 0 Å². The standard InChI is InChI=1S/C21H20N4O2/c1-2-15-19-16-10-14(27-12-13-6-4-3-5-7-13)8-9-17(16)24-18(19)11-23-20(15)21(26)25-22/h3-11,24H,2,12,22H2,1H3,(H,25,26). The lowest BCUT2D eigenvalue weighted by Gasteiger charge is -2.08. The summed E-state index contributed by atoms with van der Waals surface area (Å²) >= 11 is 0. The van der Waals surface area contributed by atoms with Gasteiger partial charge < -0.3 is 9.72 Å². The smallest absolute Gasteiger partial charge is 0.284 e. The average Bonchev–Trinajstić information content (AvgIpc) is 3.09. The van der Waals surface area contributed by atoms with Crippen molar-refractivity contribution >= 4 is 27.7 Å². The number of aromatic amines is 1. The lowest BCUT2D eigenvalue weighted by atomic mass is 10.0. The van der Waals surface area contributed by atoms with E-state index in [1.165, 1.54) is 0 Å². The van der Waals surface area contributed by atoms with Crippen LogP contribution in [0.1, 0.15) is 28.5 Å². The second kappa shape index (κ2) is 7.09. The summed E-state index contributed by atoms with van der Waals surface area (Å²) in [5.41, 5.74) is 6.35. The van der Waals surface area contributed by atoms with Gasteiger partial charge in [0.2, 0.25) is 0 Å². The molecule has 6 heteroatoms. The molecule has 0 bridgehead atoms. The van der Waals surface area contributed by atoms with E-state index in [2.05, 4.69) is 15.4 Å². The van der Waals surface area contributed by atoms with Crippen molar-refractivity contribution in [1.29, 1.82) is 0 Å². The number of carbonyl (C=O) groups excluding carboxylic acids is 1. The summed E-state index contributed by atoms with van der Waals surface area (Å²) < 4.78 is 5.96. The van der Waals surface area contributed by atoms with Gasteiger partial charge in [-0.05, 0) is 35.7 Å². The Hall–Kier alpha value is -3.38. The number of nitrogen functional groups attached to an aromatic ring is 1. The highest BCUT2D eigenvalue weighted by Crippen LogP contribution is 2.32. The highest BCUT2D eigenvalue weighted by molar-refractivity contribution is 6.11. The number of H-pyrrole nitrogens is 1. The molecule has 4 aromatic rings. The van der Waals surface area contributed by atoms with E-state index < -0.39 is 0 Å². The first-order valence-electron chi connectivity index (χ1n) is 8.82. The van der Waals surface area contributed by atoms with E-state index in [9.17, 15) is 4.79 Å². The number of nitrogens with one attached hydrogen (secondary N) is 2. The van der Waals surface area contributed by atoms with E-state index in [4.69, 9.17) is 10.6 Å². The maximum atomic E-state index is 12.1. The van der Waals surface area contributed by atoms with Gasteiger partial charge >= 0.3 is 0 Å². The van der Waals surface area contributed by atoms with Gasteiger partial charge in [0.1, 0.15) is 18.1 Å². The molecule has 4 N–H and O–H groups in total. The van der Waals surface area contributed by atoms with Crippen molar-refractivity contribution in [1.82, 2.24) is 15.4 Å². The van der Waals surface area contributed by atoms with Crippen molar-refractivity contribution in [3.8, 4) is 5.75 Å². The van der Waals surface area contributed by atoms with Gasteiger partial charge in [-0.1, -0.05) is 37.3 Å². The molecule has 0 saturated heterocycles. The zero-order valence-electron chi connectivity index (χ0n) is 15.0. The van der Waals surface area contributed by atoms with Gasteiger partial charge in [-0.15, -0.1) is 0 Å². The van der Waals surface area contributed by atoms with Crippen LogP contribution >= 0.6 is 0 Å². The third-order valence-corrected chi connectivity index (χ3v) is 4.66. The van der Waals surface area contributed by atoms with Gasteiger partial charge in [-0.3, -0.25) is 10.2 Å². The molecule has 0 aliphatic heterocycles. The molecule has 136 valence electrons. The Morgan fingerprint density at radius 1 is 1.19 bits per heavy atom. The number of carbonyl (C=O) groups is 1. The van der Waals surface area contributed by atoms with E-state index in [1.807, 2.05) is 55.5 Å². The monoisotopic (exact) mass is 360 g/mol. The lowest BCUT2D eigenvalue weighted by molar-refractivity contribution is 0.0948. The molecule has 2 heterocycles. The van der Waals surface area contributed by atoms with Crippen LogP contribution in [0.25, 0.3) is 21.8 Å². The van der Waals surface area contributed by atoms with Gasteiger partial charge in [0, 0.05) is 16.3 Å². The number of hydrogen-bond acceptors (Lipinski definition) is 4. The van der Waals surface area contributed by atoms with E-state index in [0.29, 0.717) is 18.7 Å². The predicted octanol–water partition coefficient (Wildman–Crippen LogP) is 3.46. The number of nitrogens with two attached hydrogens (primary N) is 1. The first kappa shape index (κ1) is 17.1. The molecular formula is C21H20N4O2. The third kappa shape index (κ3) is 3.11. The van der Waals surface area contributed by atoms with Crippen molar-refractivity contribution < 1.29 is 9.53 Å². The first-order valence-corrected chi connectivity index (χ1v) is 8.82. The largest absolute Gasteiger partial charge is 0.489 e. The van der Waals surface area contributed by atoms with Gasteiger partial charge in [-0.25, -0.2) is 10.8 Å². The molecule has 27 heavy (non-hydrogen) atoms. The lowest BCUT2D eigenvalue weighted by Crippen LogP contribution is -2.31. The van der Waals surface area contributed by atoms with Crippen molar-refractivity contribution in [3.63, 3.8) is 0 Å². The molecule has 2 aromatic heterocycles. The molecule has 0 radical (unpaired) electrons. The van der Waals surface area contributed by atoms with E-state index in [1.54, 1.807) is 6.20 Å². The molecule has 0 saturated carbocycles. The summed E-state index contributed by atoms with van der Waals surface area (Å²) in [6.07, 6.45) is 2.33. The number of hydrogen-bond donors (Lipinski definition) is 3. The highest BCUT2D eigenvalue weighted by Gasteiger charge is 2.17. The summed E-state index contributed by atoms with van der Waals surface area (Å²) in [4.78, 5) is 19.7. The van der Waals surface area contributed by atoms with Crippen molar-refractivity contribution in [3.05, 3.63) is 71.5 Å². The number of amides is 1. The van der Waals surface area contributed by atoms with Crippen LogP contribution in [0.2, 0.25) is 0 Å². The Morgan fingerprint density at radius 2 is 2.00 bits per heavy atom. The van der Waals surface area contributed by atoms with Crippen LogP contribution in [-0.2, 0) is 13.0 Å². The molecule has 0 atom stereocenters. The Labute approximate surface area is 156 Å². The predicted molar refractivity (Wildman–Crippen MR) is 105 cm³/mol. The molecule has 4 rings (SSSR count). The number of ether oxygens (including phenoxy) is 1. The van der Waals surface area contributed by atoms with Crippen LogP contribution in [0, 0.1) is 0 Å². The Kier molecular flexibility index (Phi) is 4.48. The fraction of sp³-hybridized carbons (Fsp3) is 0.143. The van der Waals surface area contributed by atoms with Gasteiger partial charge in [0.05, 0.1) is 11.7 Å². The molecule has 0 spiro atoms. The van der Waals surface area contributed by atoms with Gasteiger partial charge in [0.25, 0.3) is 5.91 Å². The fourth-order valence-corrected chi connectivity index (χ4v) is 3.38. The average molecular weight is 360 g/mol. The van der Waals surface area contributed by atoms with Crippen molar-refractivity contribution in [2.24, 2.45) is 5.84 Å². The van der Waals surface area contributed by atoms with Crippen molar-refractivity contribution in [2.45, 2.75) is 20.0 Å². The van der Waals surface area contributed by atoms with E-state index >= 15 is 0 Å². The fourth-order valence-electron chi connectivity index (χ4n) is 3.38. The summed E-state index contributed by atoms with van der Waals surface area (Å²) in [5.74, 6) is 5.70. The number of aryl methyl sites for hydroxylation is 1. The second-order valence-corrected chi connectivity index (χ2v) is 6.31. The number of pyridine rings is 1. The maximum Gasteiger partial charge on any atom is 0.284 e. The number of rotatable bonds is 5. The molecule has 0 aliphatic rings. The van der Waals surface area contributed by atoms with Crippen LogP contribution in [0.15, 0.2) is 54.7 Å². The van der Waals surface area contributed by atoms with Crippen LogP contribution in [0.4, 0.5) is 0 Å². The number of fused-ring (bicyclic) bond motifs is 3. The van der Waals surface area contributed by atoms with Crippen LogP contribution < -0.4 is 16.0 Å². The number of nitrogens with zero attached hydrogens (tertiary/aromatic N) is 1. The zero-order valence-corrected chi connectivity index (χ0v) is 15.0. The normalized spacial score (nSPS) is 11.0. The summed E-state index contributed by atoms with van der Waals surface area (Å²) in [7, 11) is 0. The minimum absolute atomic E-state index is 0.351. The van der Waals surface area contributed by atoms with Crippen LogP contribution in [0.3, 0.4) is 0 Å². The second-order valence-electron chi connectivity index (χ2n) is 6.31. The van der Waals surface area contributed by atoms with Crippen molar-refractivity contribution in [2.75, 3.05) is 0 Å². The molecule has 1 amide bonds. The van der Waals surface area contributed by atoms with Crippen LogP contribution in [-0.4, -0.2) is 15.9 Å². The number of benzene rings is 2. The minimum Gasteiger partial charge on any atom is -0.489 e. The Balaban J connectivity index is 1.79. The first-order chi connectivity index (χ1) is 13.2. The zero-order chi connectivity index (χ0) is 18.8. The quantitative estimate of drug-likeness (QED) is 0.289. The summed E-state index contributed by atoms with van der Waals surface area (Å²) in [6, 6.07) is 16.0. The van der Waals surface area contributed by atoms with E-state index in [0.717, 1.165) is 38.7 Å². The molecule has 0 fully saturated rings. The maximum absolute atomic E-state index is 12.1. The molecule has 0 unspecified atom stereocenters. The van der Waals surface area contributed by atoms with E-state index in [-0.39, 0.29) is 5.91 Å². The molecule has 6 nitrogen and oxygen atoms in total. The van der Waals surface area contributed by atoms with Gasteiger partial charge in [0.15, 0.2) is 0 Å². The Bertz CT molecular complexity index is 1120. The summed E-state index contributed by atoms with van der Waals surface area (Å²) in [6.45, 7) is 2.50. The third-order valence-electron chi connectivity index (χ3n) is 4.66. The number of aromatic nitrogens is 2. The molecular weight excluding hydrogens is 340 g/mol. The topological polar surface area (TPSA) is 93.0 Å². The molecule has 0 aliphatic carbocycles. The highest BCUT2D eigenvalue weighted by atomic mass is 16.5.